The Labute approximate surface area is 231 Å². The van der Waals surface area contributed by atoms with E-state index < -0.39 is 6.09 Å². The maximum absolute atomic E-state index is 13.7. The van der Waals surface area contributed by atoms with Crippen LogP contribution in [0, 0.1) is 0 Å². The lowest BCUT2D eigenvalue weighted by atomic mass is 9.91. The molecule has 7 nitrogen and oxygen atoms in total. The van der Waals surface area contributed by atoms with Gasteiger partial charge in [-0.25, -0.2) is 4.79 Å². The zero-order valence-electron chi connectivity index (χ0n) is 23.1. The van der Waals surface area contributed by atoms with Crippen molar-refractivity contribution >= 4 is 12.0 Å². The number of aryl methyl sites for hydroxylation is 1. The van der Waals surface area contributed by atoms with Crippen molar-refractivity contribution in [3.8, 4) is 5.75 Å². The van der Waals surface area contributed by atoms with Crippen molar-refractivity contribution in [3.63, 3.8) is 0 Å². The third-order valence-electron chi connectivity index (χ3n) is 7.63. The Hall–Kier alpha value is -3.61. The van der Waals surface area contributed by atoms with Crippen molar-refractivity contribution in [2.45, 2.75) is 96.4 Å². The standard InChI is InChI=1S/C32H39N3O4/c1-3-8-28(9-4-2)39-29-17-12-24(13-18-29)31(36)35(26-14-15-26)27-16-19-30-25(20-27)21-34(33-30)32(37)38-22-23-10-6-5-7-11-23/h5-7,10-13,17-18,21,26-28H,3-4,8-9,14-16,19-20,22H2,1-2H3. The van der Waals surface area contributed by atoms with Gasteiger partial charge in [-0.3, -0.25) is 4.79 Å². The van der Waals surface area contributed by atoms with Gasteiger partial charge in [0.05, 0.1) is 11.8 Å². The van der Waals surface area contributed by atoms with Crippen LogP contribution in [0.15, 0.2) is 60.8 Å². The second kappa shape index (κ2) is 12.5. The summed E-state index contributed by atoms with van der Waals surface area (Å²) >= 11 is 0. The van der Waals surface area contributed by atoms with E-state index in [0.717, 1.165) is 73.9 Å². The Morgan fingerprint density at radius 3 is 2.36 bits per heavy atom. The molecule has 2 aliphatic rings. The highest BCUT2D eigenvalue weighted by Crippen LogP contribution is 2.35. The van der Waals surface area contributed by atoms with Crippen molar-refractivity contribution in [2.75, 3.05) is 0 Å². The molecule has 1 aromatic heterocycles. The molecule has 2 aromatic carbocycles. The quantitative estimate of drug-likeness (QED) is 0.281. The number of benzene rings is 2. The van der Waals surface area contributed by atoms with Gasteiger partial charge in [-0.15, -0.1) is 0 Å². The fourth-order valence-electron chi connectivity index (χ4n) is 5.51. The van der Waals surface area contributed by atoms with Crippen LogP contribution in [-0.4, -0.2) is 44.9 Å². The van der Waals surface area contributed by atoms with Crippen LogP contribution in [0.25, 0.3) is 0 Å². The third kappa shape index (κ3) is 6.70. The first-order chi connectivity index (χ1) is 19.1. The minimum absolute atomic E-state index is 0.0748. The molecule has 1 amide bonds. The molecule has 206 valence electrons. The first-order valence-electron chi connectivity index (χ1n) is 14.4. The van der Waals surface area contributed by atoms with Crippen molar-refractivity contribution in [3.05, 3.63) is 83.2 Å². The van der Waals surface area contributed by atoms with Gasteiger partial charge in [0.1, 0.15) is 12.4 Å². The lowest BCUT2D eigenvalue weighted by Crippen LogP contribution is -2.44. The summed E-state index contributed by atoms with van der Waals surface area (Å²) in [4.78, 5) is 28.4. The average Bonchev–Trinajstić information content (AvgIpc) is 3.69. The molecule has 7 heteroatoms. The molecule has 1 fully saturated rings. The molecule has 0 saturated heterocycles. The molecule has 3 aromatic rings. The number of hydrogen-bond donors (Lipinski definition) is 0. The van der Waals surface area contributed by atoms with E-state index in [1.807, 2.05) is 54.6 Å². The third-order valence-corrected chi connectivity index (χ3v) is 7.63. The molecule has 39 heavy (non-hydrogen) atoms. The first-order valence-corrected chi connectivity index (χ1v) is 14.4. The largest absolute Gasteiger partial charge is 0.490 e. The van der Waals surface area contributed by atoms with Gasteiger partial charge in [-0.05, 0) is 80.3 Å². The maximum atomic E-state index is 13.7. The first kappa shape index (κ1) is 27.0. The van der Waals surface area contributed by atoms with Gasteiger partial charge in [0, 0.05) is 23.8 Å². The summed E-state index contributed by atoms with van der Waals surface area (Å²) in [6.07, 6.45) is 10.1. The molecule has 5 rings (SSSR count). The Morgan fingerprint density at radius 2 is 1.69 bits per heavy atom. The van der Waals surface area contributed by atoms with Gasteiger partial charge < -0.3 is 14.4 Å². The van der Waals surface area contributed by atoms with Crippen molar-refractivity contribution in [2.24, 2.45) is 0 Å². The number of rotatable bonds is 11. The summed E-state index contributed by atoms with van der Waals surface area (Å²) in [5.41, 5.74) is 3.56. The van der Waals surface area contributed by atoms with Gasteiger partial charge in [0.15, 0.2) is 0 Å². The summed E-state index contributed by atoms with van der Waals surface area (Å²) in [6.45, 7) is 4.56. The second-order valence-corrected chi connectivity index (χ2v) is 10.8. The molecule has 0 bridgehead atoms. The van der Waals surface area contributed by atoms with Gasteiger partial charge in [-0.2, -0.15) is 9.78 Å². The normalized spacial score (nSPS) is 16.5. The zero-order valence-corrected chi connectivity index (χ0v) is 23.1. The summed E-state index contributed by atoms with van der Waals surface area (Å²) in [5.74, 6) is 0.899. The van der Waals surface area contributed by atoms with E-state index in [4.69, 9.17) is 9.47 Å². The molecular formula is C32H39N3O4. The number of carbonyl (C=O) groups is 2. The number of amides is 1. The minimum atomic E-state index is -0.484. The Morgan fingerprint density at radius 1 is 0.974 bits per heavy atom. The molecule has 0 spiro atoms. The summed E-state index contributed by atoms with van der Waals surface area (Å²) in [7, 11) is 0. The SMILES string of the molecule is CCCC(CCC)Oc1ccc(C(=O)N(C2CC2)C2CCc3nn(C(=O)OCc4ccccc4)cc3C2)cc1. The van der Waals surface area contributed by atoms with Crippen LogP contribution < -0.4 is 4.74 Å². The van der Waals surface area contributed by atoms with Crippen LogP contribution in [0.1, 0.15) is 86.0 Å². The van der Waals surface area contributed by atoms with Crippen LogP contribution in [0.5, 0.6) is 5.75 Å². The van der Waals surface area contributed by atoms with Crippen LogP contribution in [0.4, 0.5) is 4.79 Å². The fourth-order valence-corrected chi connectivity index (χ4v) is 5.51. The van der Waals surface area contributed by atoms with E-state index in [9.17, 15) is 9.59 Å². The summed E-state index contributed by atoms with van der Waals surface area (Å²) < 4.78 is 13.0. The highest BCUT2D eigenvalue weighted by molar-refractivity contribution is 5.95. The molecule has 0 N–H and O–H groups in total. The summed E-state index contributed by atoms with van der Waals surface area (Å²) in [6, 6.07) is 17.6. The fraction of sp³-hybridized carbons (Fsp3) is 0.469. The highest BCUT2D eigenvalue weighted by atomic mass is 16.6. The minimum Gasteiger partial charge on any atom is -0.490 e. The number of fused-ring (bicyclic) bond motifs is 1. The number of carbonyl (C=O) groups excluding carboxylic acids is 2. The Bertz CT molecular complexity index is 1240. The predicted molar refractivity (Wildman–Crippen MR) is 150 cm³/mol. The topological polar surface area (TPSA) is 73.7 Å². The van der Waals surface area contributed by atoms with Crippen LogP contribution >= 0.6 is 0 Å². The zero-order chi connectivity index (χ0) is 27.2. The molecule has 1 atom stereocenters. The van der Waals surface area contributed by atoms with Crippen molar-refractivity contribution in [1.82, 2.24) is 14.7 Å². The molecule has 1 saturated carbocycles. The second-order valence-electron chi connectivity index (χ2n) is 10.8. The van der Waals surface area contributed by atoms with Crippen LogP contribution in [-0.2, 0) is 24.2 Å². The molecule has 2 aliphatic carbocycles. The Balaban J connectivity index is 1.23. The molecule has 1 unspecified atom stereocenters. The van der Waals surface area contributed by atoms with Gasteiger partial charge >= 0.3 is 6.09 Å². The Kier molecular flexibility index (Phi) is 8.64. The van der Waals surface area contributed by atoms with Crippen molar-refractivity contribution in [1.29, 1.82) is 0 Å². The molecule has 1 heterocycles. The number of nitrogens with zero attached hydrogens (tertiary/aromatic N) is 3. The van der Waals surface area contributed by atoms with Gasteiger partial charge in [0.2, 0.25) is 0 Å². The summed E-state index contributed by atoms with van der Waals surface area (Å²) in [5, 5.41) is 4.50. The average molecular weight is 530 g/mol. The predicted octanol–water partition coefficient (Wildman–Crippen LogP) is 6.58. The van der Waals surface area contributed by atoms with E-state index in [2.05, 4.69) is 23.8 Å². The number of hydrogen-bond acceptors (Lipinski definition) is 5. The van der Waals surface area contributed by atoms with E-state index >= 15 is 0 Å². The van der Waals surface area contributed by atoms with Crippen LogP contribution in [0.2, 0.25) is 0 Å². The number of aromatic nitrogens is 2. The van der Waals surface area contributed by atoms with Crippen LogP contribution in [0.3, 0.4) is 0 Å². The van der Waals surface area contributed by atoms with E-state index in [1.165, 1.54) is 4.68 Å². The maximum Gasteiger partial charge on any atom is 0.435 e. The molecule has 0 aliphatic heterocycles. The monoisotopic (exact) mass is 529 g/mol. The molecule has 0 radical (unpaired) electrons. The number of ether oxygens (including phenoxy) is 2. The van der Waals surface area contributed by atoms with Gasteiger partial charge in [-0.1, -0.05) is 57.0 Å². The lowest BCUT2D eigenvalue weighted by molar-refractivity contribution is 0.0642. The van der Waals surface area contributed by atoms with E-state index in [1.54, 1.807) is 6.20 Å². The highest BCUT2D eigenvalue weighted by Gasteiger charge is 2.39. The van der Waals surface area contributed by atoms with E-state index in [0.29, 0.717) is 12.0 Å². The van der Waals surface area contributed by atoms with E-state index in [-0.39, 0.29) is 30.7 Å². The smallest absolute Gasteiger partial charge is 0.435 e. The lowest BCUT2D eigenvalue weighted by Gasteiger charge is -2.34. The molecular weight excluding hydrogens is 490 g/mol. The van der Waals surface area contributed by atoms with Gasteiger partial charge in [0.25, 0.3) is 5.91 Å². The van der Waals surface area contributed by atoms with Crippen molar-refractivity contribution < 1.29 is 19.1 Å².